The van der Waals surface area contributed by atoms with Crippen molar-refractivity contribution in [1.29, 1.82) is 0 Å². The number of aryl methyl sites for hydroxylation is 1. The predicted octanol–water partition coefficient (Wildman–Crippen LogP) is -0.259. The third-order valence-electron chi connectivity index (χ3n) is 2.16. The number of rotatable bonds is 3. The summed E-state index contributed by atoms with van der Waals surface area (Å²) in [5.41, 5.74) is 6.35. The molecule has 5 heteroatoms. The first-order chi connectivity index (χ1) is 6.65. The topological polar surface area (TPSA) is 81.2 Å². The maximum atomic E-state index is 11.4. The van der Waals surface area contributed by atoms with Crippen LogP contribution in [-0.4, -0.2) is 23.0 Å². The first-order valence-electron chi connectivity index (χ1n) is 4.61. The van der Waals surface area contributed by atoms with Gasteiger partial charge in [-0.15, -0.1) is 0 Å². The maximum Gasteiger partial charge on any atom is 0.229 e. The summed E-state index contributed by atoms with van der Waals surface area (Å²) in [7, 11) is 0. The molecule has 2 atom stereocenters. The number of carbonyl (C=O) groups is 1. The molecule has 0 aliphatic heterocycles. The van der Waals surface area contributed by atoms with Crippen LogP contribution in [0.4, 0.5) is 0 Å². The highest BCUT2D eigenvalue weighted by Crippen LogP contribution is 2.17. The molecule has 1 aromatic heterocycles. The Balaban J connectivity index is 1.82. The molecule has 76 valence electrons. The fourth-order valence-electron chi connectivity index (χ4n) is 1.26. The van der Waals surface area contributed by atoms with E-state index < -0.39 is 0 Å². The number of amides is 1. The van der Waals surface area contributed by atoms with Crippen LogP contribution in [0.2, 0.25) is 0 Å². The summed E-state index contributed by atoms with van der Waals surface area (Å²) in [5.74, 6) is 0.374. The number of carbonyl (C=O) groups excluding carboxylic acids is 1. The zero-order valence-corrected chi connectivity index (χ0v) is 7.99. The minimum atomic E-state index is -0.0789. The van der Waals surface area contributed by atoms with Gasteiger partial charge in [0.25, 0.3) is 0 Å². The van der Waals surface area contributed by atoms with E-state index in [9.17, 15) is 4.79 Å². The molecule has 1 aliphatic rings. The normalized spacial score (nSPS) is 24.7. The van der Waals surface area contributed by atoms with Gasteiger partial charge in [0.05, 0.1) is 5.69 Å². The molecule has 5 nitrogen and oxygen atoms in total. The number of nitrogens with two attached hydrogens (primary N) is 1. The highest BCUT2D eigenvalue weighted by atomic mass is 16.3. The highest BCUT2D eigenvalue weighted by molar-refractivity contribution is 5.78. The molecular formula is C9H13N3O2. The molecule has 1 fully saturated rings. The Kier molecular flexibility index (Phi) is 2.25. The van der Waals surface area contributed by atoms with Gasteiger partial charge in [0.2, 0.25) is 11.8 Å². The van der Waals surface area contributed by atoms with E-state index in [1.165, 1.54) is 6.26 Å². The second-order valence-corrected chi connectivity index (χ2v) is 3.63. The van der Waals surface area contributed by atoms with Crippen LogP contribution >= 0.6 is 0 Å². The third-order valence-corrected chi connectivity index (χ3v) is 2.16. The lowest BCUT2D eigenvalue weighted by atomic mass is 10.4. The van der Waals surface area contributed by atoms with Crippen LogP contribution in [0.25, 0.3) is 0 Å². The zero-order chi connectivity index (χ0) is 10.1. The Labute approximate surface area is 81.7 Å². The summed E-state index contributed by atoms with van der Waals surface area (Å²) in [4.78, 5) is 15.4. The fraction of sp³-hybridized carbons (Fsp3) is 0.556. The lowest BCUT2D eigenvalue weighted by molar-refractivity contribution is -0.120. The van der Waals surface area contributed by atoms with E-state index in [-0.39, 0.29) is 24.4 Å². The molecule has 1 saturated carbocycles. The number of hydrogen-bond acceptors (Lipinski definition) is 4. The van der Waals surface area contributed by atoms with Crippen LogP contribution < -0.4 is 11.1 Å². The van der Waals surface area contributed by atoms with E-state index in [4.69, 9.17) is 10.2 Å². The van der Waals surface area contributed by atoms with Crippen LogP contribution in [0.5, 0.6) is 0 Å². The van der Waals surface area contributed by atoms with Crippen molar-refractivity contribution in [3.05, 3.63) is 17.8 Å². The Bertz CT molecular complexity index is 348. The molecule has 0 bridgehead atoms. The van der Waals surface area contributed by atoms with Crippen molar-refractivity contribution < 1.29 is 9.21 Å². The van der Waals surface area contributed by atoms with Gasteiger partial charge in [-0.1, -0.05) is 0 Å². The molecule has 14 heavy (non-hydrogen) atoms. The molecule has 3 N–H and O–H groups in total. The standard InChI is InChI=1S/C9H13N3O2/c1-5-4-14-9(11-5)3-8(13)12-7-2-6(7)10/h4,6-7H,2-3,10H2,1H3,(H,12,13). The Morgan fingerprint density at radius 3 is 3.07 bits per heavy atom. The maximum absolute atomic E-state index is 11.4. The third kappa shape index (κ3) is 2.11. The van der Waals surface area contributed by atoms with Crippen LogP contribution in [0.3, 0.4) is 0 Å². The lowest BCUT2D eigenvalue weighted by Gasteiger charge is -2.00. The molecule has 0 aromatic carbocycles. The van der Waals surface area contributed by atoms with E-state index >= 15 is 0 Å². The molecule has 1 aliphatic carbocycles. The monoisotopic (exact) mass is 195 g/mol. The molecule has 2 rings (SSSR count). The van der Waals surface area contributed by atoms with Crippen molar-refractivity contribution in [3.63, 3.8) is 0 Å². The quantitative estimate of drug-likeness (QED) is 0.696. The summed E-state index contributed by atoms with van der Waals surface area (Å²) < 4.78 is 5.06. The van der Waals surface area contributed by atoms with Gasteiger partial charge in [-0.3, -0.25) is 4.79 Å². The first kappa shape index (κ1) is 9.21. The average Bonchev–Trinajstić information content (AvgIpc) is 2.59. The van der Waals surface area contributed by atoms with Crippen molar-refractivity contribution >= 4 is 5.91 Å². The van der Waals surface area contributed by atoms with E-state index in [1.54, 1.807) is 0 Å². The van der Waals surface area contributed by atoms with Crippen LogP contribution in [-0.2, 0) is 11.2 Å². The number of aromatic nitrogens is 1. The summed E-state index contributed by atoms with van der Waals surface area (Å²) >= 11 is 0. The second-order valence-electron chi connectivity index (χ2n) is 3.63. The van der Waals surface area contributed by atoms with Crippen molar-refractivity contribution in [2.75, 3.05) is 0 Å². The summed E-state index contributed by atoms with van der Waals surface area (Å²) in [5, 5.41) is 2.80. The van der Waals surface area contributed by atoms with E-state index in [0.29, 0.717) is 5.89 Å². The minimum Gasteiger partial charge on any atom is -0.448 e. The van der Waals surface area contributed by atoms with Crippen molar-refractivity contribution in [2.45, 2.75) is 31.8 Å². The highest BCUT2D eigenvalue weighted by Gasteiger charge is 2.34. The average molecular weight is 195 g/mol. The number of nitrogens with one attached hydrogen (secondary N) is 1. The number of hydrogen-bond donors (Lipinski definition) is 2. The van der Waals surface area contributed by atoms with E-state index in [2.05, 4.69) is 10.3 Å². The van der Waals surface area contributed by atoms with Gasteiger partial charge in [0.1, 0.15) is 12.7 Å². The molecule has 2 unspecified atom stereocenters. The predicted molar refractivity (Wildman–Crippen MR) is 49.5 cm³/mol. The van der Waals surface area contributed by atoms with Gasteiger partial charge in [0, 0.05) is 12.1 Å². The molecule has 1 heterocycles. The van der Waals surface area contributed by atoms with Gasteiger partial charge in [-0.05, 0) is 13.3 Å². The van der Waals surface area contributed by atoms with Gasteiger partial charge < -0.3 is 15.5 Å². The zero-order valence-electron chi connectivity index (χ0n) is 7.99. The van der Waals surface area contributed by atoms with E-state index in [1.807, 2.05) is 6.92 Å². The van der Waals surface area contributed by atoms with Crippen molar-refractivity contribution in [1.82, 2.24) is 10.3 Å². The molecular weight excluding hydrogens is 182 g/mol. The van der Waals surface area contributed by atoms with Gasteiger partial charge in [-0.25, -0.2) is 4.98 Å². The van der Waals surface area contributed by atoms with Crippen LogP contribution in [0, 0.1) is 6.92 Å². The summed E-state index contributed by atoms with van der Waals surface area (Å²) in [6.07, 6.45) is 2.60. The van der Waals surface area contributed by atoms with Gasteiger partial charge >= 0.3 is 0 Å². The molecule has 1 aromatic rings. The summed E-state index contributed by atoms with van der Waals surface area (Å²) in [6, 6.07) is 0.281. The first-order valence-corrected chi connectivity index (χ1v) is 4.61. The molecule has 0 spiro atoms. The minimum absolute atomic E-state index is 0.0789. The Morgan fingerprint density at radius 1 is 1.86 bits per heavy atom. The van der Waals surface area contributed by atoms with E-state index in [0.717, 1.165) is 12.1 Å². The second kappa shape index (κ2) is 3.42. The van der Waals surface area contributed by atoms with Crippen LogP contribution in [0.15, 0.2) is 10.7 Å². The Morgan fingerprint density at radius 2 is 2.57 bits per heavy atom. The number of nitrogens with zero attached hydrogens (tertiary/aromatic N) is 1. The summed E-state index contributed by atoms with van der Waals surface area (Å²) in [6.45, 7) is 1.82. The molecule has 0 radical (unpaired) electrons. The molecule has 0 saturated heterocycles. The smallest absolute Gasteiger partial charge is 0.229 e. The SMILES string of the molecule is Cc1coc(CC(=O)NC2CC2N)n1. The largest absolute Gasteiger partial charge is 0.448 e. The fourth-order valence-corrected chi connectivity index (χ4v) is 1.26. The lowest BCUT2D eigenvalue weighted by Crippen LogP contribution is -2.30. The Hall–Kier alpha value is -1.36. The van der Waals surface area contributed by atoms with Gasteiger partial charge in [-0.2, -0.15) is 0 Å². The van der Waals surface area contributed by atoms with Crippen molar-refractivity contribution in [2.24, 2.45) is 5.73 Å². The van der Waals surface area contributed by atoms with Crippen LogP contribution in [0.1, 0.15) is 18.0 Å². The van der Waals surface area contributed by atoms with Crippen molar-refractivity contribution in [3.8, 4) is 0 Å². The molecule has 1 amide bonds. The number of oxazole rings is 1. The van der Waals surface area contributed by atoms with Gasteiger partial charge in [0.15, 0.2) is 0 Å².